The van der Waals surface area contributed by atoms with Crippen LogP contribution in [0.5, 0.6) is 5.75 Å². The quantitative estimate of drug-likeness (QED) is 0.459. The van der Waals surface area contributed by atoms with Gasteiger partial charge in [-0.2, -0.15) is 0 Å². The molecule has 0 N–H and O–H groups in total. The molecule has 3 aromatic rings. The third-order valence-corrected chi connectivity index (χ3v) is 9.84. The first-order valence-electron chi connectivity index (χ1n) is 12.2. The van der Waals surface area contributed by atoms with Crippen LogP contribution < -0.4 is 14.5 Å². The number of methoxy groups -OCH3 is 1. The smallest absolute Gasteiger partial charge is 0.308 e. The second-order valence-corrected chi connectivity index (χ2v) is 11.5. The number of furan rings is 1. The number of imide groups is 1. The summed E-state index contributed by atoms with van der Waals surface area (Å²) in [5.74, 6) is -0.981. The van der Waals surface area contributed by atoms with E-state index in [0.717, 1.165) is 30.6 Å². The first-order chi connectivity index (χ1) is 18.0. The Hall–Kier alpha value is -3.31. The van der Waals surface area contributed by atoms with Crippen LogP contribution in [0.1, 0.15) is 35.8 Å². The molecule has 0 saturated carbocycles. The van der Waals surface area contributed by atoms with Crippen LogP contribution in [0.2, 0.25) is 0 Å². The van der Waals surface area contributed by atoms with Crippen LogP contribution in [-0.4, -0.2) is 52.6 Å². The summed E-state index contributed by atoms with van der Waals surface area (Å²) >= 11 is 2.23. The van der Waals surface area contributed by atoms with Crippen LogP contribution in [0.15, 0.2) is 56.9 Å². The normalized spacial score (nSPS) is 23.2. The lowest BCUT2D eigenvalue weighted by Gasteiger charge is -2.30. The minimum atomic E-state index is -0.748. The van der Waals surface area contributed by atoms with Gasteiger partial charge in [0.05, 0.1) is 40.8 Å². The fourth-order valence-electron chi connectivity index (χ4n) is 5.39. The number of carbonyl (C=O) groups excluding carboxylic acids is 3. The van der Waals surface area contributed by atoms with Gasteiger partial charge in [0, 0.05) is 13.1 Å². The number of fused-ring (bicyclic) bond motifs is 2. The van der Waals surface area contributed by atoms with E-state index in [9.17, 15) is 19.2 Å². The van der Waals surface area contributed by atoms with E-state index in [2.05, 4.69) is 0 Å². The highest BCUT2D eigenvalue weighted by Crippen LogP contribution is 2.54. The molecule has 11 heteroatoms. The molecule has 3 aliphatic heterocycles. The molecule has 5 heterocycles. The topological polar surface area (TPSA) is 102 Å². The molecule has 9 nitrogen and oxygen atoms in total. The molecule has 0 aliphatic carbocycles. The standard InChI is InChI=1S/C26H25N3O6S2/c1-34-16-9-7-15(8-10-16)29-23(31)20-19(17-6-5-13-35-17)22-25(36-21(20)24(29)32)28(26(33)37-22)14-18(30)27-11-3-2-4-12-27/h5-10,13,19-21H,2-4,11-12,14H2,1H3/t19-,20-,21+/m0/s1. The summed E-state index contributed by atoms with van der Waals surface area (Å²) < 4.78 is 12.4. The number of carbonyl (C=O) groups is 3. The molecule has 6 rings (SSSR count). The van der Waals surface area contributed by atoms with Gasteiger partial charge in [0.1, 0.15) is 23.3 Å². The van der Waals surface area contributed by atoms with Crippen LogP contribution in [0, 0.1) is 5.92 Å². The summed E-state index contributed by atoms with van der Waals surface area (Å²) in [5, 5.41) is -0.178. The van der Waals surface area contributed by atoms with Crippen LogP contribution in [0.4, 0.5) is 5.69 Å². The number of amides is 3. The Morgan fingerprint density at radius 2 is 1.81 bits per heavy atom. The van der Waals surface area contributed by atoms with Crippen molar-refractivity contribution in [2.75, 3.05) is 25.1 Å². The van der Waals surface area contributed by atoms with Crippen molar-refractivity contribution in [3.05, 3.63) is 63.0 Å². The maximum absolute atomic E-state index is 13.8. The van der Waals surface area contributed by atoms with E-state index in [1.807, 2.05) is 0 Å². The molecule has 37 heavy (non-hydrogen) atoms. The summed E-state index contributed by atoms with van der Waals surface area (Å²) in [4.78, 5) is 57.1. The summed E-state index contributed by atoms with van der Waals surface area (Å²) in [5.41, 5.74) is 0.463. The molecule has 0 bridgehead atoms. The van der Waals surface area contributed by atoms with Crippen LogP contribution >= 0.6 is 23.1 Å². The highest BCUT2D eigenvalue weighted by molar-refractivity contribution is 8.00. The van der Waals surface area contributed by atoms with Gasteiger partial charge in [0.25, 0.3) is 0 Å². The number of hydrogen-bond acceptors (Lipinski definition) is 8. The SMILES string of the molecule is COc1ccc(N2C(=O)[C@H]3[C@H](c4ccco4)c4sc(=O)n(CC(=O)N5CCCCC5)c4S[C@H]3C2=O)cc1. The molecule has 192 valence electrons. The van der Waals surface area contributed by atoms with Crippen molar-refractivity contribution in [3.8, 4) is 5.75 Å². The molecule has 0 unspecified atom stereocenters. The lowest BCUT2D eigenvalue weighted by molar-refractivity contribution is -0.133. The van der Waals surface area contributed by atoms with E-state index in [4.69, 9.17) is 9.15 Å². The van der Waals surface area contributed by atoms with Crippen LogP contribution in [0.3, 0.4) is 0 Å². The number of ether oxygens (including phenoxy) is 1. The van der Waals surface area contributed by atoms with E-state index >= 15 is 0 Å². The molecule has 2 fully saturated rings. The van der Waals surface area contributed by atoms with Crippen LogP contribution in [-0.2, 0) is 20.9 Å². The Bertz CT molecular complexity index is 1400. The van der Waals surface area contributed by atoms with Gasteiger partial charge in [-0.1, -0.05) is 23.1 Å². The second-order valence-electron chi connectivity index (χ2n) is 9.33. The van der Waals surface area contributed by atoms with Gasteiger partial charge in [-0.15, -0.1) is 0 Å². The highest BCUT2D eigenvalue weighted by atomic mass is 32.2. The number of nitrogens with zero attached hydrogens (tertiary/aromatic N) is 3. The fourth-order valence-corrected chi connectivity index (χ4v) is 8.15. The fraction of sp³-hybridized carbons (Fsp3) is 0.385. The summed E-state index contributed by atoms with van der Waals surface area (Å²) in [6, 6.07) is 10.3. The molecule has 0 spiro atoms. The van der Waals surface area contributed by atoms with Gasteiger partial charge in [-0.05, 0) is 55.7 Å². The molecule has 2 saturated heterocycles. The third-order valence-electron chi connectivity index (χ3n) is 7.23. The first kappa shape index (κ1) is 24.1. The molecule has 0 radical (unpaired) electrons. The zero-order valence-electron chi connectivity index (χ0n) is 20.1. The molecule has 1 aromatic carbocycles. The average molecular weight is 540 g/mol. The predicted molar refractivity (Wildman–Crippen MR) is 138 cm³/mol. The van der Waals surface area contributed by atoms with E-state index in [-0.39, 0.29) is 29.1 Å². The predicted octanol–water partition coefficient (Wildman–Crippen LogP) is 3.32. The van der Waals surface area contributed by atoms with Crippen LogP contribution in [0.25, 0.3) is 0 Å². The van der Waals surface area contributed by atoms with Gasteiger partial charge in [0.15, 0.2) is 0 Å². The lowest BCUT2D eigenvalue weighted by atomic mass is 9.87. The number of hydrogen-bond donors (Lipinski definition) is 0. The van der Waals surface area contributed by atoms with E-state index < -0.39 is 17.1 Å². The Labute approximate surface area is 221 Å². The Morgan fingerprint density at radius 1 is 1.05 bits per heavy atom. The number of piperidine rings is 1. The second kappa shape index (κ2) is 9.53. The Balaban J connectivity index is 1.39. The largest absolute Gasteiger partial charge is 0.497 e. The number of thiazole rings is 1. The van der Waals surface area contributed by atoms with Crippen molar-refractivity contribution >= 4 is 46.5 Å². The van der Waals surface area contributed by atoms with Gasteiger partial charge in [-0.25, -0.2) is 4.90 Å². The number of thioether (sulfide) groups is 1. The number of rotatable bonds is 5. The lowest BCUT2D eigenvalue weighted by Crippen LogP contribution is -2.39. The zero-order valence-corrected chi connectivity index (χ0v) is 21.8. The molecule has 3 amide bonds. The van der Waals surface area contributed by atoms with Crippen molar-refractivity contribution in [2.24, 2.45) is 5.92 Å². The Morgan fingerprint density at radius 3 is 2.49 bits per heavy atom. The maximum atomic E-state index is 13.8. The summed E-state index contributed by atoms with van der Waals surface area (Å²) in [6.45, 7) is 1.30. The van der Waals surface area contributed by atoms with Gasteiger partial charge in [-0.3, -0.25) is 23.7 Å². The minimum Gasteiger partial charge on any atom is -0.497 e. The minimum absolute atomic E-state index is 0.0791. The monoisotopic (exact) mass is 539 g/mol. The molecule has 3 atom stereocenters. The van der Waals surface area contributed by atoms with Gasteiger partial charge in [0.2, 0.25) is 17.7 Å². The third kappa shape index (κ3) is 4.00. The van der Waals surface area contributed by atoms with Crippen molar-refractivity contribution in [1.82, 2.24) is 9.47 Å². The van der Waals surface area contributed by atoms with E-state index in [1.54, 1.807) is 48.4 Å². The summed E-state index contributed by atoms with van der Waals surface area (Å²) in [7, 11) is 1.55. The first-order valence-corrected chi connectivity index (χ1v) is 13.9. The number of likely N-dealkylation sites (tertiary alicyclic amines) is 1. The van der Waals surface area contributed by atoms with Gasteiger partial charge < -0.3 is 14.1 Å². The summed E-state index contributed by atoms with van der Waals surface area (Å²) in [6.07, 6.45) is 4.54. The maximum Gasteiger partial charge on any atom is 0.308 e. The molecular formula is C26H25N3O6S2. The number of aromatic nitrogens is 1. The van der Waals surface area contributed by atoms with Gasteiger partial charge >= 0.3 is 4.87 Å². The average Bonchev–Trinajstić information content (AvgIpc) is 3.62. The number of benzene rings is 1. The molecule has 2 aromatic heterocycles. The van der Waals surface area contributed by atoms with Crippen molar-refractivity contribution in [3.63, 3.8) is 0 Å². The van der Waals surface area contributed by atoms with Crippen molar-refractivity contribution in [2.45, 2.75) is 42.0 Å². The van der Waals surface area contributed by atoms with Crippen molar-refractivity contribution in [1.29, 1.82) is 0 Å². The van der Waals surface area contributed by atoms with E-state index in [1.165, 1.54) is 27.5 Å². The molecular weight excluding hydrogens is 514 g/mol. The number of anilines is 1. The van der Waals surface area contributed by atoms with E-state index in [0.29, 0.717) is 40.2 Å². The zero-order chi connectivity index (χ0) is 25.7. The highest BCUT2D eigenvalue weighted by Gasteiger charge is 2.57. The van der Waals surface area contributed by atoms with Crippen molar-refractivity contribution < 1.29 is 23.5 Å². The molecule has 3 aliphatic rings. The Kier molecular flexibility index (Phi) is 6.20.